The second-order valence-electron chi connectivity index (χ2n) is 2.85. The van der Waals surface area contributed by atoms with E-state index in [9.17, 15) is 0 Å². The van der Waals surface area contributed by atoms with Gasteiger partial charge in [0.05, 0.1) is 11.0 Å². The number of halogens is 1. The van der Waals surface area contributed by atoms with Crippen molar-refractivity contribution in [1.29, 1.82) is 0 Å². The summed E-state index contributed by atoms with van der Waals surface area (Å²) in [4.78, 5) is 4.18. The predicted molar refractivity (Wildman–Crippen MR) is 57.8 cm³/mol. The molecule has 1 radical (unpaired) electrons. The Hall–Kier alpha value is -0.168. The Morgan fingerprint density at radius 2 is 2.14 bits per heavy atom. The van der Waals surface area contributed by atoms with E-state index in [2.05, 4.69) is 59.5 Å². The molecule has 0 bridgehead atoms. The topological polar surface area (TPSA) is 17.8 Å². The summed E-state index contributed by atoms with van der Waals surface area (Å²) >= 11 is 5.35. The molecule has 1 heterocycles. The Kier molecular flexibility index (Phi) is 5.39. The summed E-state index contributed by atoms with van der Waals surface area (Å²) in [7, 11) is 0. The summed E-state index contributed by atoms with van der Waals surface area (Å²) in [5.74, 6) is 0. The van der Waals surface area contributed by atoms with Crippen LogP contribution in [0.1, 0.15) is 13.3 Å². The van der Waals surface area contributed by atoms with Gasteiger partial charge in [-0.05, 0) is 18.6 Å². The summed E-state index contributed by atoms with van der Waals surface area (Å²) in [6.07, 6.45) is 4.10. The first-order valence-corrected chi connectivity index (χ1v) is 7.92. The molecule has 1 aromatic heterocycles. The summed E-state index contributed by atoms with van der Waals surface area (Å²) in [5, 5.41) is 0. The third-order valence-electron chi connectivity index (χ3n) is 1.91. The molecule has 1 aromatic carbocycles. The van der Waals surface area contributed by atoms with Gasteiger partial charge in [-0.25, -0.2) is 4.98 Å². The molecule has 0 aliphatic heterocycles. The van der Waals surface area contributed by atoms with E-state index in [0.29, 0.717) is 0 Å². The van der Waals surface area contributed by atoms with Gasteiger partial charge in [0.1, 0.15) is 0 Å². The molecular weight excluding hydrogens is 334 g/mol. The number of para-hydroxylation sites is 2. The number of imidazole rings is 1. The third kappa shape index (κ3) is 2.66. The predicted octanol–water partition coefficient (Wildman–Crippen LogP) is 3.09. The van der Waals surface area contributed by atoms with Crippen LogP contribution in [-0.2, 0) is 23.7 Å². The fraction of sp³-hybridized carbons (Fsp3) is 0.300. The molecule has 0 amide bonds. The van der Waals surface area contributed by atoms with E-state index in [-0.39, 0.29) is 0 Å². The quantitative estimate of drug-likeness (QED) is 0.765. The minimum atomic E-state index is 1.00. The molecule has 0 saturated heterocycles. The van der Waals surface area contributed by atoms with Gasteiger partial charge in [-0.15, -0.1) is 0 Å². The number of hydrogen-bond acceptors (Lipinski definition) is 1. The Balaban J connectivity index is 0.000000461. The number of rotatable bonds is 2. The van der Waals surface area contributed by atoms with Gasteiger partial charge in [-0.2, -0.15) is 0 Å². The molecule has 0 unspecified atom stereocenters. The van der Waals surface area contributed by atoms with Gasteiger partial charge in [0.15, 0.2) is 6.33 Å². The Bertz CT molecular complexity index is 386. The Labute approximate surface area is 101 Å². The molecule has 0 atom stereocenters. The Morgan fingerprint density at radius 3 is 2.86 bits per heavy atom. The van der Waals surface area contributed by atoms with E-state index >= 15 is 0 Å². The van der Waals surface area contributed by atoms with Crippen LogP contribution in [0.5, 0.6) is 0 Å². The van der Waals surface area contributed by atoms with Crippen LogP contribution in [0.2, 0.25) is 0 Å². The molecule has 4 heteroatoms. The summed E-state index contributed by atoms with van der Waals surface area (Å²) in [5.41, 5.74) is 2.21. The molecule has 0 aliphatic rings. The van der Waals surface area contributed by atoms with Crippen LogP contribution in [0, 0.1) is 6.33 Å². The molecular formula is C10H11BrN2Pd. The number of hydrogen-bond donors (Lipinski definition) is 0. The monoisotopic (exact) mass is 344 g/mol. The first-order valence-electron chi connectivity index (χ1n) is 4.36. The number of fused-ring (bicyclic) bond motifs is 1. The van der Waals surface area contributed by atoms with Crippen LogP contribution in [0.25, 0.3) is 11.0 Å². The van der Waals surface area contributed by atoms with E-state index in [1.54, 1.807) is 0 Å². The molecule has 2 rings (SSSR count). The maximum atomic E-state index is 4.18. The summed E-state index contributed by atoms with van der Waals surface area (Å²) in [6, 6.07) is 8.12. The van der Waals surface area contributed by atoms with Gasteiger partial charge in [-0.3, -0.25) is 0 Å². The van der Waals surface area contributed by atoms with E-state index in [0.717, 1.165) is 18.5 Å². The van der Waals surface area contributed by atoms with Crippen molar-refractivity contribution in [2.45, 2.75) is 19.9 Å². The Morgan fingerprint density at radius 1 is 1.43 bits per heavy atom. The average molecular weight is 346 g/mol. The van der Waals surface area contributed by atoms with Gasteiger partial charge in [-0.1, -0.05) is 19.1 Å². The second kappa shape index (κ2) is 6.34. The molecule has 2 aromatic rings. The van der Waals surface area contributed by atoms with Crippen molar-refractivity contribution in [3.8, 4) is 0 Å². The maximum absolute atomic E-state index is 4.18. The number of aromatic nitrogens is 2. The molecule has 0 spiro atoms. The van der Waals surface area contributed by atoms with Crippen molar-refractivity contribution in [2.24, 2.45) is 0 Å². The summed E-state index contributed by atoms with van der Waals surface area (Å²) < 4.78 is 2.06. The number of aryl methyl sites for hydroxylation is 1. The van der Waals surface area contributed by atoms with Crippen molar-refractivity contribution in [3.63, 3.8) is 0 Å². The molecule has 0 fully saturated rings. The van der Waals surface area contributed by atoms with E-state index in [1.165, 1.54) is 5.52 Å². The van der Waals surface area contributed by atoms with Crippen molar-refractivity contribution in [3.05, 3.63) is 30.6 Å². The first-order chi connectivity index (χ1) is 6.92. The molecule has 0 saturated carbocycles. The normalized spacial score (nSPS) is 9.71. The third-order valence-corrected chi connectivity index (χ3v) is 1.91. The molecule has 14 heavy (non-hydrogen) atoms. The zero-order valence-electron chi connectivity index (χ0n) is 7.81. The van der Waals surface area contributed by atoms with Crippen LogP contribution in [-0.4, -0.2) is 9.55 Å². The molecule has 0 N–H and O–H groups in total. The minimum absolute atomic E-state index is 1.00. The van der Waals surface area contributed by atoms with Crippen LogP contribution in [0.4, 0.5) is 0 Å². The molecule has 0 aliphatic carbocycles. The van der Waals surface area contributed by atoms with Gasteiger partial charge in [0.25, 0.3) is 0 Å². The average Bonchev–Trinajstić information content (AvgIpc) is 2.66. The van der Waals surface area contributed by atoms with Crippen molar-refractivity contribution in [2.75, 3.05) is 0 Å². The van der Waals surface area contributed by atoms with Crippen molar-refractivity contribution in [1.82, 2.24) is 9.55 Å². The fourth-order valence-electron chi connectivity index (χ4n) is 1.35. The zero-order chi connectivity index (χ0) is 10.4. The van der Waals surface area contributed by atoms with Gasteiger partial charge in [0.2, 0.25) is 0 Å². The first kappa shape index (κ1) is 11.9. The van der Waals surface area contributed by atoms with Crippen LogP contribution in [0.15, 0.2) is 24.3 Å². The van der Waals surface area contributed by atoms with E-state index < -0.39 is 0 Å². The van der Waals surface area contributed by atoms with E-state index in [4.69, 9.17) is 0 Å². The number of benzene rings is 1. The van der Waals surface area contributed by atoms with Gasteiger partial charge >= 0.3 is 30.6 Å². The summed E-state index contributed by atoms with van der Waals surface area (Å²) in [6.45, 7) is 3.16. The van der Waals surface area contributed by atoms with Gasteiger partial charge in [0, 0.05) is 6.54 Å². The van der Waals surface area contributed by atoms with Crippen LogP contribution in [0.3, 0.4) is 0 Å². The van der Waals surface area contributed by atoms with E-state index in [1.807, 2.05) is 18.2 Å². The van der Waals surface area contributed by atoms with Crippen molar-refractivity contribution < 1.29 is 17.2 Å². The second-order valence-corrected chi connectivity index (χ2v) is 2.85. The van der Waals surface area contributed by atoms with Gasteiger partial charge < -0.3 is 4.57 Å². The zero-order valence-corrected chi connectivity index (χ0v) is 11.0. The molecule has 2 nitrogen and oxygen atoms in total. The van der Waals surface area contributed by atoms with Crippen LogP contribution >= 0.6 is 13.4 Å². The fourth-order valence-corrected chi connectivity index (χ4v) is 1.35. The molecule has 78 valence electrons. The SMILES string of the molecule is CCCn1[c]nc2ccccc21.[Br][Pd]. The number of nitrogens with zero attached hydrogens (tertiary/aromatic N) is 2. The standard InChI is InChI=1S/C10H11N2.BrH.Pd/c1-2-7-12-8-11-9-5-3-4-6-10(9)12;;/h3-6H,2,7H2,1H3;1H;/q;;+1/p-1. The van der Waals surface area contributed by atoms with Crippen LogP contribution < -0.4 is 0 Å². The van der Waals surface area contributed by atoms with Crippen molar-refractivity contribution >= 4 is 24.5 Å².